The molecule has 0 aliphatic carbocycles. The third-order valence-electron chi connectivity index (χ3n) is 3.24. The van der Waals surface area contributed by atoms with E-state index < -0.39 is 0 Å². The number of pyridine rings is 1. The summed E-state index contributed by atoms with van der Waals surface area (Å²) in [5.74, 6) is 0. The Kier molecular flexibility index (Phi) is 4.80. The van der Waals surface area contributed by atoms with Crippen molar-refractivity contribution in [3.05, 3.63) is 59.4 Å². The normalized spacial score (nSPS) is 10.5. The van der Waals surface area contributed by atoms with E-state index in [2.05, 4.69) is 53.9 Å². The molecule has 0 aliphatic rings. The second-order valence-corrected chi connectivity index (χ2v) is 5.11. The first-order valence-corrected chi connectivity index (χ1v) is 7.03. The van der Waals surface area contributed by atoms with Gasteiger partial charge in [0, 0.05) is 29.4 Å². The van der Waals surface area contributed by atoms with E-state index in [-0.39, 0.29) is 0 Å². The van der Waals surface area contributed by atoms with Crippen LogP contribution in [0.1, 0.15) is 12.5 Å². The van der Waals surface area contributed by atoms with Gasteiger partial charge in [0.15, 0.2) is 18.9 Å². The molecule has 0 bridgehead atoms. The molecule has 2 nitrogen and oxygen atoms in total. The van der Waals surface area contributed by atoms with Crippen LogP contribution in [0, 0.1) is 6.92 Å². The fourth-order valence-corrected chi connectivity index (χ4v) is 2.24. The Hall–Kier alpha value is -1.54. The molecular formula is C16H20ClN2+. The van der Waals surface area contributed by atoms with Gasteiger partial charge in [0.05, 0.1) is 6.54 Å². The van der Waals surface area contributed by atoms with Crippen LogP contribution >= 0.6 is 11.6 Å². The Bertz CT molecular complexity index is 523. The Morgan fingerprint density at radius 1 is 1.16 bits per heavy atom. The number of benzene rings is 1. The summed E-state index contributed by atoms with van der Waals surface area (Å²) in [6.07, 6.45) is 4.25. The molecule has 0 spiro atoms. The van der Waals surface area contributed by atoms with Crippen LogP contribution in [0.2, 0.25) is 5.02 Å². The molecule has 0 radical (unpaired) electrons. The molecule has 2 rings (SSSR count). The lowest BCUT2D eigenvalue weighted by Gasteiger charge is -2.21. The van der Waals surface area contributed by atoms with Crippen LogP contribution in [0.3, 0.4) is 0 Å². The van der Waals surface area contributed by atoms with Crippen molar-refractivity contribution >= 4 is 17.3 Å². The maximum Gasteiger partial charge on any atom is 0.169 e. The lowest BCUT2D eigenvalue weighted by atomic mass is 10.3. The highest BCUT2D eigenvalue weighted by molar-refractivity contribution is 6.30. The van der Waals surface area contributed by atoms with Crippen LogP contribution in [0.25, 0.3) is 0 Å². The summed E-state index contributed by atoms with van der Waals surface area (Å²) in [6.45, 7) is 7.20. The molecular weight excluding hydrogens is 256 g/mol. The molecule has 2 aromatic rings. The zero-order valence-electron chi connectivity index (χ0n) is 11.5. The van der Waals surface area contributed by atoms with Gasteiger partial charge >= 0.3 is 0 Å². The number of hydrogen-bond acceptors (Lipinski definition) is 1. The van der Waals surface area contributed by atoms with Crippen LogP contribution in [0.15, 0.2) is 48.8 Å². The molecule has 0 unspecified atom stereocenters. The number of anilines is 1. The second-order valence-electron chi connectivity index (χ2n) is 4.67. The highest BCUT2D eigenvalue weighted by atomic mass is 35.5. The molecule has 1 heterocycles. The van der Waals surface area contributed by atoms with Crippen LogP contribution in [0.4, 0.5) is 5.69 Å². The first-order valence-electron chi connectivity index (χ1n) is 6.65. The molecule has 1 aromatic heterocycles. The van der Waals surface area contributed by atoms with Crippen LogP contribution < -0.4 is 9.47 Å². The fraction of sp³-hybridized carbons (Fsp3) is 0.312. The van der Waals surface area contributed by atoms with Gasteiger partial charge in [0.2, 0.25) is 0 Å². The Morgan fingerprint density at radius 2 is 1.89 bits per heavy atom. The van der Waals surface area contributed by atoms with Gasteiger partial charge in [-0.2, -0.15) is 0 Å². The van der Waals surface area contributed by atoms with Crippen molar-refractivity contribution in [1.29, 1.82) is 0 Å². The Morgan fingerprint density at radius 3 is 2.53 bits per heavy atom. The van der Waals surface area contributed by atoms with E-state index in [0.29, 0.717) is 0 Å². The minimum absolute atomic E-state index is 0.791. The number of nitrogens with zero attached hydrogens (tertiary/aromatic N) is 2. The number of rotatable bonds is 5. The van der Waals surface area contributed by atoms with Crippen molar-refractivity contribution in [2.75, 3.05) is 18.0 Å². The number of likely N-dealkylation sites (N-methyl/N-ethyl adjacent to an activating group) is 1. The largest absolute Gasteiger partial charge is 0.365 e. The topological polar surface area (TPSA) is 7.12 Å². The number of aromatic nitrogens is 1. The number of aryl methyl sites for hydroxylation is 1. The molecule has 0 saturated carbocycles. The van der Waals surface area contributed by atoms with E-state index >= 15 is 0 Å². The van der Waals surface area contributed by atoms with Gasteiger partial charge in [0.1, 0.15) is 0 Å². The van der Waals surface area contributed by atoms with Gasteiger partial charge in [0.25, 0.3) is 0 Å². The Labute approximate surface area is 120 Å². The molecule has 19 heavy (non-hydrogen) atoms. The summed E-state index contributed by atoms with van der Waals surface area (Å²) in [5.41, 5.74) is 2.47. The summed E-state index contributed by atoms with van der Waals surface area (Å²) in [6, 6.07) is 12.3. The minimum atomic E-state index is 0.791. The molecule has 100 valence electrons. The summed E-state index contributed by atoms with van der Waals surface area (Å²) in [4.78, 5) is 2.33. The summed E-state index contributed by atoms with van der Waals surface area (Å²) < 4.78 is 2.21. The monoisotopic (exact) mass is 275 g/mol. The van der Waals surface area contributed by atoms with Crippen LogP contribution in [-0.2, 0) is 6.54 Å². The predicted octanol–water partition coefficient (Wildman–Crippen LogP) is 3.46. The van der Waals surface area contributed by atoms with Crippen molar-refractivity contribution < 1.29 is 4.57 Å². The van der Waals surface area contributed by atoms with Crippen molar-refractivity contribution in [1.82, 2.24) is 0 Å². The first-order chi connectivity index (χ1) is 9.19. The minimum Gasteiger partial charge on any atom is -0.365 e. The quantitative estimate of drug-likeness (QED) is 0.758. The van der Waals surface area contributed by atoms with Gasteiger partial charge in [-0.05, 0) is 37.6 Å². The van der Waals surface area contributed by atoms with Gasteiger partial charge in [-0.25, -0.2) is 4.57 Å². The SMILES string of the molecule is CCN(CC[n+]1ccc(C)cc1)c1cccc(Cl)c1. The average molecular weight is 276 g/mol. The summed E-state index contributed by atoms with van der Waals surface area (Å²) >= 11 is 6.05. The smallest absolute Gasteiger partial charge is 0.169 e. The van der Waals surface area contributed by atoms with Gasteiger partial charge in [-0.1, -0.05) is 17.7 Å². The van der Waals surface area contributed by atoms with Crippen molar-refractivity contribution in [2.45, 2.75) is 20.4 Å². The van der Waals surface area contributed by atoms with Gasteiger partial charge < -0.3 is 4.90 Å². The summed E-state index contributed by atoms with van der Waals surface area (Å²) in [5, 5.41) is 0.791. The maximum atomic E-state index is 6.05. The third-order valence-corrected chi connectivity index (χ3v) is 3.48. The standard InChI is InChI=1S/C16H20ClN2/c1-3-19(16-6-4-5-15(17)13-16)12-11-18-9-7-14(2)8-10-18/h4-10,13H,3,11-12H2,1-2H3/q+1. The van der Waals surface area contributed by atoms with E-state index in [0.717, 1.165) is 24.7 Å². The second kappa shape index (κ2) is 6.58. The lowest BCUT2D eigenvalue weighted by Crippen LogP contribution is -2.40. The van der Waals surface area contributed by atoms with Crippen molar-refractivity contribution in [3.63, 3.8) is 0 Å². The summed E-state index contributed by atoms with van der Waals surface area (Å²) in [7, 11) is 0. The molecule has 0 aliphatic heterocycles. The molecule has 0 fully saturated rings. The first kappa shape index (κ1) is 13.9. The van der Waals surface area contributed by atoms with Gasteiger partial charge in [-0.15, -0.1) is 0 Å². The van der Waals surface area contributed by atoms with Crippen LogP contribution in [0.5, 0.6) is 0 Å². The van der Waals surface area contributed by atoms with Gasteiger partial charge in [-0.3, -0.25) is 0 Å². The van der Waals surface area contributed by atoms with E-state index in [1.54, 1.807) is 0 Å². The maximum absolute atomic E-state index is 6.05. The Balaban J connectivity index is 2.01. The molecule has 0 atom stereocenters. The third kappa shape index (κ3) is 3.97. The molecule has 3 heteroatoms. The number of hydrogen-bond donors (Lipinski definition) is 0. The van der Waals surface area contributed by atoms with E-state index in [9.17, 15) is 0 Å². The average Bonchev–Trinajstić information content (AvgIpc) is 2.42. The zero-order chi connectivity index (χ0) is 13.7. The zero-order valence-corrected chi connectivity index (χ0v) is 12.3. The molecule has 0 saturated heterocycles. The lowest BCUT2D eigenvalue weighted by molar-refractivity contribution is -0.694. The van der Waals surface area contributed by atoms with Crippen LogP contribution in [-0.4, -0.2) is 13.1 Å². The fourth-order valence-electron chi connectivity index (χ4n) is 2.06. The highest BCUT2D eigenvalue weighted by Crippen LogP contribution is 2.18. The van der Waals surface area contributed by atoms with Crippen molar-refractivity contribution in [3.8, 4) is 0 Å². The van der Waals surface area contributed by atoms with Crippen molar-refractivity contribution in [2.24, 2.45) is 0 Å². The molecule has 0 amide bonds. The predicted molar refractivity (Wildman–Crippen MR) is 80.7 cm³/mol. The van der Waals surface area contributed by atoms with E-state index in [4.69, 9.17) is 11.6 Å². The molecule has 0 N–H and O–H groups in total. The van der Waals surface area contributed by atoms with E-state index in [1.165, 1.54) is 11.3 Å². The number of halogens is 1. The van der Waals surface area contributed by atoms with E-state index in [1.807, 2.05) is 18.2 Å². The highest BCUT2D eigenvalue weighted by Gasteiger charge is 2.07. The molecule has 1 aromatic carbocycles.